The molecule has 1 amide bonds. The predicted molar refractivity (Wildman–Crippen MR) is 103 cm³/mol. The molecule has 0 saturated heterocycles. The van der Waals surface area contributed by atoms with E-state index in [0.29, 0.717) is 29.5 Å². The molecule has 2 aromatic carbocycles. The van der Waals surface area contributed by atoms with Crippen molar-refractivity contribution in [1.82, 2.24) is 10.2 Å². The van der Waals surface area contributed by atoms with Crippen molar-refractivity contribution >= 4 is 29.1 Å². The van der Waals surface area contributed by atoms with E-state index >= 15 is 0 Å². The van der Waals surface area contributed by atoms with Gasteiger partial charge in [0.2, 0.25) is 11.8 Å². The van der Waals surface area contributed by atoms with Crippen molar-refractivity contribution in [1.29, 1.82) is 0 Å². The standard InChI is InChI=1S/C20H17N3O3S/c1-12-4-2-3-5-15(12)19-22-23-20(26-19)27-11-17(24)14-6-8-16-13(10-14)7-9-18(25)21-16/h2-6,8,10H,7,9,11H2,1H3,(H,21,25). The summed E-state index contributed by atoms with van der Waals surface area (Å²) in [6.45, 7) is 1.98. The second-order valence-electron chi connectivity index (χ2n) is 6.32. The molecule has 2 heterocycles. The van der Waals surface area contributed by atoms with Crippen LogP contribution in [-0.2, 0) is 11.2 Å². The minimum atomic E-state index is -0.0182. The Kier molecular flexibility index (Phi) is 4.77. The van der Waals surface area contributed by atoms with Gasteiger partial charge in [0.05, 0.1) is 5.75 Å². The lowest BCUT2D eigenvalue weighted by Crippen LogP contribution is -2.19. The summed E-state index contributed by atoms with van der Waals surface area (Å²) < 4.78 is 5.68. The highest BCUT2D eigenvalue weighted by Crippen LogP contribution is 2.27. The van der Waals surface area contributed by atoms with Crippen LogP contribution in [0.4, 0.5) is 5.69 Å². The molecule has 0 bridgehead atoms. The molecule has 0 aliphatic carbocycles. The number of nitrogens with zero attached hydrogens (tertiary/aromatic N) is 2. The molecule has 7 heteroatoms. The number of nitrogens with one attached hydrogen (secondary N) is 1. The molecule has 136 valence electrons. The molecule has 0 spiro atoms. The first kappa shape index (κ1) is 17.5. The maximum atomic E-state index is 12.5. The van der Waals surface area contributed by atoms with Gasteiger partial charge < -0.3 is 9.73 Å². The van der Waals surface area contributed by atoms with E-state index in [1.165, 1.54) is 11.8 Å². The van der Waals surface area contributed by atoms with Gasteiger partial charge in [-0.25, -0.2) is 0 Å². The molecule has 0 fully saturated rings. The molecule has 6 nitrogen and oxygen atoms in total. The van der Waals surface area contributed by atoms with Crippen LogP contribution < -0.4 is 5.32 Å². The Morgan fingerprint density at radius 3 is 2.89 bits per heavy atom. The number of carbonyl (C=O) groups excluding carboxylic acids is 2. The smallest absolute Gasteiger partial charge is 0.277 e. The highest BCUT2D eigenvalue weighted by atomic mass is 32.2. The normalized spacial score (nSPS) is 13.1. The average molecular weight is 379 g/mol. The van der Waals surface area contributed by atoms with Gasteiger partial charge in [-0.3, -0.25) is 9.59 Å². The number of thioether (sulfide) groups is 1. The van der Waals surface area contributed by atoms with Crippen LogP contribution in [0.15, 0.2) is 52.1 Å². The van der Waals surface area contributed by atoms with Gasteiger partial charge in [0.1, 0.15) is 0 Å². The van der Waals surface area contributed by atoms with Gasteiger partial charge >= 0.3 is 0 Å². The Balaban J connectivity index is 1.43. The summed E-state index contributed by atoms with van der Waals surface area (Å²) in [6, 6.07) is 13.1. The maximum absolute atomic E-state index is 12.5. The summed E-state index contributed by atoms with van der Waals surface area (Å²) in [7, 11) is 0. The number of ketones is 1. The molecule has 4 rings (SSSR count). The molecular formula is C20H17N3O3S. The van der Waals surface area contributed by atoms with E-state index in [0.717, 1.165) is 22.4 Å². The summed E-state index contributed by atoms with van der Waals surface area (Å²) in [6.07, 6.45) is 1.10. The monoisotopic (exact) mass is 379 g/mol. The Labute approximate surface area is 160 Å². The van der Waals surface area contributed by atoms with Crippen LogP contribution in [-0.4, -0.2) is 27.6 Å². The highest BCUT2D eigenvalue weighted by Gasteiger charge is 2.18. The molecule has 1 aliphatic heterocycles. The van der Waals surface area contributed by atoms with Crippen molar-refractivity contribution in [2.75, 3.05) is 11.1 Å². The van der Waals surface area contributed by atoms with E-state index in [9.17, 15) is 9.59 Å². The number of hydrogen-bond donors (Lipinski definition) is 1. The first-order valence-electron chi connectivity index (χ1n) is 8.58. The lowest BCUT2D eigenvalue weighted by atomic mass is 9.99. The molecule has 0 radical (unpaired) electrons. The summed E-state index contributed by atoms with van der Waals surface area (Å²) in [5.41, 5.74) is 4.34. The number of benzene rings is 2. The quantitative estimate of drug-likeness (QED) is 0.534. The van der Waals surface area contributed by atoms with Crippen molar-refractivity contribution in [3.05, 3.63) is 59.2 Å². The van der Waals surface area contributed by atoms with Crippen molar-refractivity contribution in [3.63, 3.8) is 0 Å². The van der Waals surface area contributed by atoms with Gasteiger partial charge in [-0.05, 0) is 48.7 Å². The van der Waals surface area contributed by atoms with Crippen LogP contribution in [0.3, 0.4) is 0 Å². The first-order valence-corrected chi connectivity index (χ1v) is 9.57. The number of Topliss-reactive ketones (excluding diaryl/α,β-unsaturated/α-hetero) is 1. The van der Waals surface area contributed by atoms with Crippen LogP contribution in [0.1, 0.15) is 27.9 Å². The van der Waals surface area contributed by atoms with Gasteiger partial charge in [0.15, 0.2) is 5.78 Å². The van der Waals surface area contributed by atoms with Crippen molar-refractivity contribution in [3.8, 4) is 11.5 Å². The molecular weight excluding hydrogens is 362 g/mol. The van der Waals surface area contributed by atoms with Crippen LogP contribution in [0.5, 0.6) is 0 Å². The number of aryl methyl sites for hydroxylation is 2. The number of rotatable bonds is 5. The minimum absolute atomic E-state index is 0.0120. The fraction of sp³-hybridized carbons (Fsp3) is 0.200. The van der Waals surface area contributed by atoms with E-state index in [1.807, 2.05) is 37.3 Å². The van der Waals surface area contributed by atoms with Crippen LogP contribution in [0.2, 0.25) is 0 Å². The summed E-state index contributed by atoms with van der Waals surface area (Å²) in [5.74, 6) is 0.654. The number of anilines is 1. The highest BCUT2D eigenvalue weighted by molar-refractivity contribution is 7.99. The molecule has 1 aliphatic rings. The number of fused-ring (bicyclic) bond motifs is 1. The SMILES string of the molecule is Cc1ccccc1-c1nnc(SCC(=O)c2ccc3c(c2)CCC(=O)N3)o1. The van der Waals surface area contributed by atoms with E-state index in [-0.39, 0.29) is 17.4 Å². The van der Waals surface area contributed by atoms with Gasteiger partial charge in [-0.1, -0.05) is 30.0 Å². The summed E-state index contributed by atoms with van der Waals surface area (Å²) in [4.78, 5) is 23.9. The third-order valence-electron chi connectivity index (χ3n) is 4.43. The van der Waals surface area contributed by atoms with Gasteiger partial charge in [-0.2, -0.15) is 0 Å². The summed E-state index contributed by atoms with van der Waals surface area (Å²) >= 11 is 1.22. The molecule has 27 heavy (non-hydrogen) atoms. The molecule has 1 aromatic heterocycles. The van der Waals surface area contributed by atoms with Gasteiger partial charge in [0, 0.05) is 23.2 Å². The average Bonchev–Trinajstić information content (AvgIpc) is 3.15. The zero-order valence-electron chi connectivity index (χ0n) is 14.7. The lowest BCUT2D eigenvalue weighted by Gasteiger charge is -2.17. The van der Waals surface area contributed by atoms with Crippen molar-refractivity contribution in [2.24, 2.45) is 0 Å². The fourth-order valence-electron chi connectivity index (χ4n) is 2.96. The van der Waals surface area contributed by atoms with E-state index in [1.54, 1.807) is 12.1 Å². The fourth-order valence-corrected chi connectivity index (χ4v) is 3.61. The Morgan fingerprint density at radius 2 is 2.04 bits per heavy atom. The van der Waals surface area contributed by atoms with E-state index in [4.69, 9.17) is 4.42 Å². The molecule has 0 saturated carbocycles. The minimum Gasteiger partial charge on any atom is -0.411 e. The summed E-state index contributed by atoms with van der Waals surface area (Å²) in [5, 5.41) is 11.3. The molecule has 0 atom stereocenters. The molecule has 1 N–H and O–H groups in total. The number of carbonyl (C=O) groups is 2. The lowest BCUT2D eigenvalue weighted by molar-refractivity contribution is -0.116. The van der Waals surface area contributed by atoms with Gasteiger partial charge in [-0.15, -0.1) is 10.2 Å². The zero-order valence-corrected chi connectivity index (χ0v) is 15.5. The Morgan fingerprint density at radius 1 is 1.19 bits per heavy atom. The number of hydrogen-bond acceptors (Lipinski definition) is 6. The Hall–Kier alpha value is -2.93. The second-order valence-corrected chi connectivity index (χ2v) is 7.25. The van der Waals surface area contributed by atoms with E-state index in [2.05, 4.69) is 15.5 Å². The predicted octanol–water partition coefficient (Wildman–Crippen LogP) is 3.90. The first-order chi connectivity index (χ1) is 13.1. The van der Waals surface area contributed by atoms with Crippen LogP contribution in [0.25, 0.3) is 11.5 Å². The van der Waals surface area contributed by atoms with Crippen molar-refractivity contribution in [2.45, 2.75) is 25.0 Å². The van der Waals surface area contributed by atoms with Crippen molar-refractivity contribution < 1.29 is 14.0 Å². The number of amides is 1. The topological polar surface area (TPSA) is 85.1 Å². The van der Waals surface area contributed by atoms with Crippen LogP contribution >= 0.6 is 11.8 Å². The molecule has 3 aromatic rings. The molecule has 0 unspecified atom stereocenters. The number of aromatic nitrogens is 2. The second kappa shape index (κ2) is 7.36. The van der Waals surface area contributed by atoms with Gasteiger partial charge in [0.25, 0.3) is 5.22 Å². The largest absolute Gasteiger partial charge is 0.411 e. The Bertz CT molecular complexity index is 1030. The zero-order chi connectivity index (χ0) is 18.8. The maximum Gasteiger partial charge on any atom is 0.277 e. The van der Waals surface area contributed by atoms with Crippen LogP contribution in [0, 0.1) is 6.92 Å². The third-order valence-corrected chi connectivity index (χ3v) is 5.25. The van der Waals surface area contributed by atoms with E-state index < -0.39 is 0 Å². The third kappa shape index (κ3) is 3.78.